The number of nitrogens with zero attached hydrogens (tertiary/aromatic N) is 1. The summed E-state index contributed by atoms with van der Waals surface area (Å²) in [5, 5.41) is 12.0. The molecule has 1 aliphatic rings. The molecular weight excluding hydrogens is 398 g/mol. The van der Waals surface area contributed by atoms with Gasteiger partial charge in [-0.25, -0.2) is 4.98 Å². The van der Waals surface area contributed by atoms with Gasteiger partial charge >= 0.3 is 0 Å². The number of fused-ring (bicyclic) bond motifs is 1. The van der Waals surface area contributed by atoms with Crippen LogP contribution in [0.2, 0.25) is 0 Å². The fraction of sp³-hybridized carbons (Fsp3) is 0.333. The zero-order valence-corrected chi connectivity index (χ0v) is 16.7. The summed E-state index contributed by atoms with van der Waals surface area (Å²) in [6, 6.07) is 7.39. The standard InChI is InChI=1S/C18H21N5O3S2/c1-2-7-19-14(24)8-11-9-15(25)22-17(20-11)27-10-16(26)23-18-21-12-5-3-4-6-13(12)28-18/h2-6,11,17,20H,1,7-10H2,(H,19,24)(H,22,25)(H,21,23,26). The van der Waals surface area contributed by atoms with Gasteiger partial charge in [0.25, 0.3) is 0 Å². The molecule has 2 unspecified atom stereocenters. The molecular formula is C18H21N5O3S2. The van der Waals surface area contributed by atoms with E-state index in [0.29, 0.717) is 11.7 Å². The molecule has 1 fully saturated rings. The number of carbonyl (C=O) groups excluding carboxylic acids is 3. The topological polar surface area (TPSA) is 112 Å². The number of para-hydroxylation sites is 1. The van der Waals surface area contributed by atoms with Crippen LogP contribution in [0.4, 0.5) is 5.13 Å². The normalized spacial score (nSPS) is 19.1. The molecule has 10 heteroatoms. The minimum absolute atomic E-state index is 0.142. The monoisotopic (exact) mass is 419 g/mol. The van der Waals surface area contributed by atoms with Crippen LogP contribution in [0.1, 0.15) is 12.8 Å². The number of rotatable bonds is 8. The third kappa shape index (κ3) is 5.78. The maximum absolute atomic E-state index is 12.2. The van der Waals surface area contributed by atoms with Gasteiger partial charge in [-0.05, 0) is 12.1 Å². The second-order valence-electron chi connectivity index (χ2n) is 6.16. The van der Waals surface area contributed by atoms with E-state index < -0.39 is 5.50 Å². The molecule has 0 saturated carbocycles. The summed E-state index contributed by atoms with van der Waals surface area (Å²) >= 11 is 2.67. The number of nitrogens with one attached hydrogen (secondary N) is 4. The van der Waals surface area contributed by atoms with Crippen LogP contribution in [0.15, 0.2) is 36.9 Å². The number of thiazole rings is 1. The Labute approximate surface area is 170 Å². The van der Waals surface area contributed by atoms with Gasteiger partial charge in [0.1, 0.15) is 5.50 Å². The fourth-order valence-electron chi connectivity index (χ4n) is 2.69. The molecule has 0 radical (unpaired) electrons. The smallest absolute Gasteiger partial charge is 0.236 e. The molecule has 1 aromatic carbocycles. The Morgan fingerprint density at radius 1 is 1.36 bits per heavy atom. The summed E-state index contributed by atoms with van der Waals surface area (Å²) in [7, 11) is 0. The number of benzene rings is 1. The van der Waals surface area contributed by atoms with Crippen molar-refractivity contribution in [2.75, 3.05) is 17.6 Å². The first kappa shape index (κ1) is 20.3. The lowest BCUT2D eigenvalue weighted by Crippen LogP contribution is -2.56. The van der Waals surface area contributed by atoms with Crippen molar-refractivity contribution in [3.05, 3.63) is 36.9 Å². The number of hydrogen-bond acceptors (Lipinski definition) is 7. The highest BCUT2D eigenvalue weighted by atomic mass is 32.2. The molecule has 2 atom stereocenters. The van der Waals surface area contributed by atoms with Gasteiger partial charge in [-0.3, -0.25) is 19.7 Å². The van der Waals surface area contributed by atoms with E-state index in [9.17, 15) is 14.4 Å². The molecule has 28 heavy (non-hydrogen) atoms. The first-order chi connectivity index (χ1) is 13.5. The van der Waals surface area contributed by atoms with Crippen molar-refractivity contribution >= 4 is 56.2 Å². The molecule has 0 bridgehead atoms. The van der Waals surface area contributed by atoms with Crippen molar-refractivity contribution in [3.63, 3.8) is 0 Å². The quantitative estimate of drug-likeness (QED) is 0.482. The van der Waals surface area contributed by atoms with Crippen LogP contribution >= 0.6 is 23.1 Å². The van der Waals surface area contributed by atoms with E-state index in [-0.39, 0.29) is 42.4 Å². The van der Waals surface area contributed by atoms with Gasteiger partial charge < -0.3 is 16.0 Å². The van der Waals surface area contributed by atoms with Crippen LogP contribution in [-0.4, -0.2) is 46.5 Å². The summed E-state index contributed by atoms with van der Waals surface area (Å²) in [5.41, 5.74) is 0.411. The van der Waals surface area contributed by atoms with E-state index in [1.165, 1.54) is 23.1 Å². The maximum atomic E-state index is 12.2. The molecule has 8 nitrogen and oxygen atoms in total. The van der Waals surface area contributed by atoms with Gasteiger partial charge in [0, 0.05) is 25.4 Å². The predicted molar refractivity (Wildman–Crippen MR) is 112 cm³/mol. The van der Waals surface area contributed by atoms with Crippen LogP contribution in [0.3, 0.4) is 0 Å². The molecule has 0 spiro atoms. The average molecular weight is 420 g/mol. The van der Waals surface area contributed by atoms with Crippen LogP contribution in [-0.2, 0) is 14.4 Å². The third-order valence-electron chi connectivity index (χ3n) is 3.91. The third-order valence-corrected chi connectivity index (χ3v) is 5.88. The number of hydrogen-bond donors (Lipinski definition) is 4. The number of carbonyl (C=O) groups is 3. The number of anilines is 1. The Hall–Kier alpha value is -2.43. The number of amides is 3. The highest BCUT2D eigenvalue weighted by Crippen LogP contribution is 2.25. The predicted octanol–water partition coefficient (Wildman–Crippen LogP) is 1.42. The zero-order valence-electron chi connectivity index (χ0n) is 15.1. The minimum Gasteiger partial charge on any atom is -0.353 e. The molecule has 4 N–H and O–H groups in total. The van der Waals surface area contributed by atoms with Gasteiger partial charge in [-0.2, -0.15) is 0 Å². The first-order valence-electron chi connectivity index (χ1n) is 8.73. The molecule has 1 aromatic heterocycles. The van der Waals surface area contributed by atoms with Crippen molar-refractivity contribution in [3.8, 4) is 0 Å². The van der Waals surface area contributed by atoms with Crippen LogP contribution in [0.25, 0.3) is 10.2 Å². The van der Waals surface area contributed by atoms with E-state index in [0.717, 1.165) is 10.2 Å². The largest absolute Gasteiger partial charge is 0.353 e. The van der Waals surface area contributed by atoms with Crippen LogP contribution < -0.4 is 21.3 Å². The molecule has 3 rings (SSSR count). The van der Waals surface area contributed by atoms with Gasteiger partial charge in [0.05, 0.1) is 16.0 Å². The lowest BCUT2D eigenvalue weighted by Gasteiger charge is -2.30. The van der Waals surface area contributed by atoms with E-state index in [2.05, 4.69) is 32.8 Å². The van der Waals surface area contributed by atoms with Gasteiger partial charge in [-0.15, -0.1) is 18.3 Å². The lowest BCUT2D eigenvalue weighted by molar-refractivity contribution is -0.125. The second-order valence-corrected chi connectivity index (χ2v) is 8.28. The molecule has 1 aliphatic heterocycles. The molecule has 1 saturated heterocycles. The molecule has 2 heterocycles. The molecule has 3 amide bonds. The van der Waals surface area contributed by atoms with E-state index >= 15 is 0 Å². The van der Waals surface area contributed by atoms with Crippen LogP contribution in [0.5, 0.6) is 0 Å². The Morgan fingerprint density at radius 3 is 2.96 bits per heavy atom. The average Bonchev–Trinajstić information content (AvgIpc) is 3.06. The lowest BCUT2D eigenvalue weighted by atomic mass is 10.1. The molecule has 2 aromatic rings. The van der Waals surface area contributed by atoms with Gasteiger partial charge in [0.15, 0.2) is 5.13 Å². The summed E-state index contributed by atoms with van der Waals surface area (Å²) in [6.45, 7) is 3.94. The van der Waals surface area contributed by atoms with Gasteiger partial charge in [0.2, 0.25) is 17.7 Å². The fourth-order valence-corrected chi connectivity index (χ4v) is 4.46. The number of aromatic nitrogens is 1. The Balaban J connectivity index is 1.47. The van der Waals surface area contributed by atoms with E-state index in [1.807, 2.05) is 24.3 Å². The van der Waals surface area contributed by atoms with Crippen molar-refractivity contribution in [1.82, 2.24) is 20.9 Å². The first-order valence-corrected chi connectivity index (χ1v) is 10.6. The van der Waals surface area contributed by atoms with Crippen LogP contribution in [0, 0.1) is 0 Å². The highest BCUT2D eigenvalue weighted by molar-refractivity contribution is 8.00. The molecule has 148 valence electrons. The summed E-state index contributed by atoms with van der Waals surface area (Å²) < 4.78 is 1.00. The number of thioether (sulfide) groups is 1. The minimum atomic E-state index is -0.431. The van der Waals surface area contributed by atoms with Crippen molar-refractivity contribution in [2.45, 2.75) is 24.4 Å². The van der Waals surface area contributed by atoms with E-state index in [4.69, 9.17) is 0 Å². The van der Waals surface area contributed by atoms with Gasteiger partial charge in [-0.1, -0.05) is 29.5 Å². The Kier molecular flexibility index (Phi) is 7.01. The van der Waals surface area contributed by atoms with E-state index in [1.54, 1.807) is 6.08 Å². The Morgan fingerprint density at radius 2 is 2.18 bits per heavy atom. The highest BCUT2D eigenvalue weighted by Gasteiger charge is 2.28. The maximum Gasteiger partial charge on any atom is 0.236 e. The molecule has 0 aliphatic carbocycles. The Bertz CT molecular complexity index is 852. The van der Waals surface area contributed by atoms with Crippen molar-refractivity contribution in [2.24, 2.45) is 0 Å². The second kappa shape index (κ2) is 9.67. The summed E-state index contributed by atoms with van der Waals surface area (Å²) in [6.07, 6.45) is 2.01. The van der Waals surface area contributed by atoms with Crippen molar-refractivity contribution in [1.29, 1.82) is 0 Å². The summed E-state index contributed by atoms with van der Waals surface area (Å²) in [4.78, 5) is 40.3. The zero-order chi connectivity index (χ0) is 19.9. The van der Waals surface area contributed by atoms with Crippen molar-refractivity contribution < 1.29 is 14.4 Å². The SMILES string of the molecule is C=CCNC(=O)CC1CC(=O)NC(SCC(=O)Nc2nc3ccccc3s2)N1. The summed E-state index contributed by atoms with van der Waals surface area (Å²) in [5.74, 6) is -0.358.